The number of hydrogen-bond acceptors (Lipinski definition) is 0. The van der Waals surface area contributed by atoms with E-state index in [2.05, 4.69) is 46.4 Å². The summed E-state index contributed by atoms with van der Waals surface area (Å²) in [5.41, 5.74) is 0.336. The normalized spacial score (nSPS) is 8.08. The molecule has 0 saturated heterocycles. The van der Waals surface area contributed by atoms with E-state index in [1.807, 2.05) is 0 Å². The maximum atomic E-state index is 12.5. The summed E-state index contributed by atoms with van der Waals surface area (Å²) in [5, 5.41) is 0.127. The van der Waals surface area contributed by atoms with Crippen LogP contribution in [0.25, 0.3) is 0 Å². The van der Waals surface area contributed by atoms with E-state index in [1.54, 1.807) is 12.1 Å². The number of halogens is 4. The molecule has 0 amide bonds. The van der Waals surface area contributed by atoms with Gasteiger partial charge in [-0.15, -0.1) is 0 Å². The van der Waals surface area contributed by atoms with Crippen molar-refractivity contribution in [1.82, 2.24) is 0 Å². The molecule has 0 spiro atoms. The van der Waals surface area contributed by atoms with Gasteiger partial charge in [0.1, 0.15) is 5.82 Å². The van der Waals surface area contributed by atoms with Crippen LogP contribution in [-0.4, -0.2) is 0 Å². The molecule has 63 valence electrons. The standard InChI is InChI=1S/C7H5ClF.2HI.Zn/c1-5-3-2-4-6(8)7(5)9;;;/h2-4H,1H2;2*1H;/q;;;+2/p-2. The van der Waals surface area contributed by atoms with Crippen LogP contribution >= 0.6 is 51.1 Å². The van der Waals surface area contributed by atoms with E-state index < -0.39 is 5.82 Å². The van der Waals surface area contributed by atoms with Crippen molar-refractivity contribution in [1.29, 1.82) is 0 Å². The van der Waals surface area contributed by atoms with Crippen LogP contribution in [-0.2, 0) is 10.1 Å². The Morgan fingerprint density at radius 2 is 1.92 bits per heavy atom. The fourth-order valence-electron chi connectivity index (χ4n) is 0.548. The van der Waals surface area contributed by atoms with E-state index >= 15 is 0 Å². The van der Waals surface area contributed by atoms with Crippen LogP contribution < -0.4 is 0 Å². The molecule has 0 saturated carbocycles. The molecular weight excluding hydrogens is 458 g/mol. The van der Waals surface area contributed by atoms with E-state index in [0.717, 1.165) is 0 Å². The van der Waals surface area contributed by atoms with Crippen LogP contribution in [0.3, 0.4) is 0 Å². The molecule has 1 rings (SSSR count). The summed E-state index contributed by atoms with van der Waals surface area (Å²) in [7, 11) is 0.0650. The fourth-order valence-corrected chi connectivity index (χ4v) is 0.743. The first kappa shape index (κ1) is 13.5. The van der Waals surface area contributed by atoms with Crippen LogP contribution in [0.5, 0.6) is 0 Å². The predicted molar refractivity (Wildman–Crippen MR) is 63.9 cm³/mol. The second kappa shape index (κ2) is 7.88. The third-order valence-electron chi connectivity index (χ3n) is 1.03. The van der Waals surface area contributed by atoms with Gasteiger partial charge >= 0.3 is 49.6 Å². The quantitative estimate of drug-likeness (QED) is 0.395. The number of benzene rings is 1. The zero-order valence-electron chi connectivity index (χ0n) is 6.16. The van der Waals surface area contributed by atoms with Gasteiger partial charge in [-0.25, -0.2) is 4.39 Å². The summed E-state index contributed by atoms with van der Waals surface area (Å²) in [6.45, 7) is 3.42. The number of hydrogen-bond donors (Lipinski definition) is 0. The van der Waals surface area contributed by atoms with Crippen molar-refractivity contribution in [2.75, 3.05) is 0 Å². The Morgan fingerprint density at radius 3 is 2.25 bits per heavy atom. The average Bonchev–Trinajstić information content (AvgIpc) is 2.02. The van der Waals surface area contributed by atoms with Gasteiger partial charge in [0, 0.05) is 0 Å². The van der Waals surface area contributed by atoms with E-state index in [0.29, 0.717) is 5.56 Å². The molecule has 5 heteroatoms. The Kier molecular flexibility index (Phi) is 8.88. The Labute approximate surface area is 106 Å². The van der Waals surface area contributed by atoms with Crippen LogP contribution in [0.2, 0.25) is 5.02 Å². The molecule has 0 unspecified atom stereocenters. The molecule has 0 aliphatic rings. The van der Waals surface area contributed by atoms with Gasteiger partial charge < -0.3 is 0 Å². The van der Waals surface area contributed by atoms with Gasteiger partial charge in [0.15, 0.2) is 0 Å². The molecule has 0 nitrogen and oxygen atoms in total. The Bertz CT molecular complexity index is 225. The monoisotopic (exact) mass is 461 g/mol. The molecule has 1 aromatic rings. The van der Waals surface area contributed by atoms with Gasteiger partial charge in [0.05, 0.1) is 5.02 Å². The number of rotatable bonds is 0. The van der Waals surface area contributed by atoms with Crippen molar-refractivity contribution in [3.8, 4) is 0 Å². The SMILES string of the molecule is [CH2]c1cccc(Cl)c1F.[I][Zn][I]. The Balaban J connectivity index is 0.000000354. The van der Waals surface area contributed by atoms with Crippen molar-refractivity contribution < 1.29 is 14.5 Å². The average molecular weight is 463 g/mol. The molecule has 1 aromatic carbocycles. The third kappa shape index (κ3) is 5.30. The summed E-state index contributed by atoms with van der Waals surface area (Å²) in [4.78, 5) is 0. The van der Waals surface area contributed by atoms with Crippen molar-refractivity contribution in [2.45, 2.75) is 0 Å². The first-order chi connectivity index (χ1) is 5.63. The van der Waals surface area contributed by atoms with E-state index in [-0.39, 0.29) is 15.1 Å². The summed E-state index contributed by atoms with van der Waals surface area (Å²) in [6.07, 6.45) is 0. The topological polar surface area (TPSA) is 0 Å². The predicted octanol–water partition coefficient (Wildman–Crippen LogP) is 4.43. The molecule has 0 fully saturated rings. The summed E-state index contributed by atoms with van der Waals surface area (Å²) in [5.74, 6) is -0.431. The van der Waals surface area contributed by atoms with Gasteiger partial charge in [-0.2, -0.15) is 0 Å². The Morgan fingerprint density at radius 1 is 1.42 bits per heavy atom. The maximum absolute atomic E-state index is 12.5. The van der Waals surface area contributed by atoms with Gasteiger partial charge in [-0.05, 0) is 18.6 Å². The van der Waals surface area contributed by atoms with Crippen LogP contribution in [0, 0.1) is 12.7 Å². The molecule has 0 bridgehead atoms. The molecule has 0 N–H and O–H groups in total. The molecule has 0 aliphatic heterocycles. The van der Waals surface area contributed by atoms with E-state index in [1.165, 1.54) is 6.07 Å². The second-order valence-corrected chi connectivity index (χ2v) is 25.7. The molecule has 1 radical (unpaired) electrons. The minimum atomic E-state index is -0.431. The molecule has 12 heavy (non-hydrogen) atoms. The van der Waals surface area contributed by atoms with E-state index in [9.17, 15) is 4.39 Å². The first-order valence-electron chi connectivity index (χ1n) is 3.01. The van der Waals surface area contributed by atoms with Gasteiger partial charge in [-0.3, -0.25) is 0 Å². The van der Waals surface area contributed by atoms with Crippen molar-refractivity contribution >= 4 is 51.1 Å². The molecule has 0 atom stereocenters. The zero-order chi connectivity index (χ0) is 9.56. The van der Waals surface area contributed by atoms with Crippen molar-refractivity contribution in [3.05, 3.63) is 41.5 Å². The van der Waals surface area contributed by atoms with Crippen LogP contribution in [0.1, 0.15) is 5.56 Å². The van der Waals surface area contributed by atoms with Crippen LogP contribution in [0.15, 0.2) is 18.2 Å². The van der Waals surface area contributed by atoms with Gasteiger partial charge in [0.2, 0.25) is 0 Å². The minimum absolute atomic E-state index is 0.0650. The van der Waals surface area contributed by atoms with Gasteiger partial charge in [-0.1, -0.05) is 23.7 Å². The second-order valence-electron chi connectivity index (χ2n) is 1.81. The first-order valence-corrected chi connectivity index (χ1v) is 21.5. The molecule has 0 heterocycles. The van der Waals surface area contributed by atoms with Crippen LogP contribution in [0.4, 0.5) is 4.39 Å². The molecular formula is C7H5ClFI2Zn. The molecule has 0 aliphatic carbocycles. The fraction of sp³-hybridized carbons (Fsp3) is 0. The summed E-state index contributed by atoms with van der Waals surface area (Å²) >= 11 is 10.3. The van der Waals surface area contributed by atoms with E-state index in [4.69, 9.17) is 11.6 Å². The summed E-state index contributed by atoms with van der Waals surface area (Å²) < 4.78 is 12.5. The zero-order valence-corrected chi connectivity index (χ0v) is 14.2. The Hall–Kier alpha value is 1.52. The van der Waals surface area contributed by atoms with Gasteiger partial charge in [0.25, 0.3) is 0 Å². The van der Waals surface area contributed by atoms with Crippen molar-refractivity contribution in [3.63, 3.8) is 0 Å². The van der Waals surface area contributed by atoms with Crippen molar-refractivity contribution in [2.24, 2.45) is 0 Å². The molecule has 0 aromatic heterocycles. The third-order valence-corrected chi connectivity index (χ3v) is 1.32. The summed E-state index contributed by atoms with van der Waals surface area (Å²) in [6, 6.07) is 4.72.